The molecule has 0 fully saturated rings. The highest BCUT2D eigenvalue weighted by Gasteiger charge is 2.10. The van der Waals surface area contributed by atoms with Gasteiger partial charge in [0.1, 0.15) is 5.82 Å². The molecule has 0 aromatic carbocycles. The quantitative estimate of drug-likeness (QED) is 0.764. The average molecular weight is 232 g/mol. The maximum absolute atomic E-state index is 11.0. The summed E-state index contributed by atoms with van der Waals surface area (Å²) in [7, 11) is 0. The first-order valence-corrected chi connectivity index (χ1v) is 5.27. The Bertz CT molecular complexity index is 431. The van der Waals surface area contributed by atoms with Crippen LogP contribution in [0.4, 0.5) is 5.82 Å². The summed E-state index contributed by atoms with van der Waals surface area (Å²) in [4.78, 5) is 17.2. The third-order valence-electron chi connectivity index (χ3n) is 2.21. The zero-order valence-corrected chi connectivity index (χ0v) is 9.89. The van der Waals surface area contributed by atoms with Gasteiger partial charge in [0.2, 0.25) is 0 Å². The Morgan fingerprint density at radius 2 is 2.00 bits per heavy atom. The molecule has 0 bridgehead atoms. The second-order valence-electron chi connectivity index (χ2n) is 3.64. The van der Waals surface area contributed by atoms with Gasteiger partial charge in [0.25, 0.3) is 0 Å². The highest BCUT2D eigenvalue weighted by Crippen LogP contribution is 2.15. The number of carboxylic acid groups (broad SMARTS) is 1. The van der Waals surface area contributed by atoms with Crippen LogP contribution in [0.15, 0.2) is 37.4 Å². The second kappa shape index (κ2) is 5.84. The summed E-state index contributed by atoms with van der Waals surface area (Å²) >= 11 is 0. The lowest BCUT2D eigenvalue weighted by atomic mass is 10.2. The topological polar surface area (TPSA) is 53.4 Å². The number of aromatic nitrogens is 1. The minimum absolute atomic E-state index is 0.241. The molecule has 90 valence electrons. The van der Waals surface area contributed by atoms with Crippen molar-refractivity contribution in [3.8, 4) is 0 Å². The van der Waals surface area contributed by atoms with Gasteiger partial charge in [0.05, 0.1) is 5.56 Å². The van der Waals surface area contributed by atoms with Gasteiger partial charge in [-0.15, -0.1) is 13.2 Å². The van der Waals surface area contributed by atoms with E-state index < -0.39 is 5.97 Å². The van der Waals surface area contributed by atoms with E-state index in [0.29, 0.717) is 24.6 Å². The highest BCUT2D eigenvalue weighted by molar-refractivity contribution is 5.88. The molecular weight excluding hydrogens is 216 g/mol. The predicted molar refractivity (Wildman–Crippen MR) is 68.5 cm³/mol. The van der Waals surface area contributed by atoms with Gasteiger partial charge in [0.15, 0.2) is 0 Å². The molecule has 4 heteroatoms. The number of hydrogen-bond donors (Lipinski definition) is 1. The van der Waals surface area contributed by atoms with Crippen LogP contribution < -0.4 is 4.90 Å². The molecule has 0 radical (unpaired) electrons. The first kappa shape index (κ1) is 13.0. The summed E-state index contributed by atoms with van der Waals surface area (Å²) in [6, 6.07) is 3.11. The van der Waals surface area contributed by atoms with Crippen LogP contribution in [-0.4, -0.2) is 29.1 Å². The van der Waals surface area contributed by atoms with E-state index in [1.807, 2.05) is 4.90 Å². The summed E-state index contributed by atoms with van der Waals surface area (Å²) in [5, 5.41) is 8.99. The van der Waals surface area contributed by atoms with Gasteiger partial charge in [-0.2, -0.15) is 0 Å². The number of hydrogen-bond acceptors (Lipinski definition) is 3. The fourth-order valence-corrected chi connectivity index (χ4v) is 1.51. The van der Waals surface area contributed by atoms with Gasteiger partial charge in [0, 0.05) is 18.8 Å². The van der Waals surface area contributed by atoms with E-state index in [1.165, 1.54) is 0 Å². The second-order valence-corrected chi connectivity index (χ2v) is 3.64. The lowest BCUT2D eigenvalue weighted by Gasteiger charge is -2.21. The molecule has 0 unspecified atom stereocenters. The van der Waals surface area contributed by atoms with Crippen LogP contribution in [0.25, 0.3) is 0 Å². The van der Waals surface area contributed by atoms with Gasteiger partial charge >= 0.3 is 5.97 Å². The number of nitrogens with zero attached hydrogens (tertiary/aromatic N) is 2. The smallest absolute Gasteiger partial charge is 0.335 e. The maximum atomic E-state index is 11.0. The molecule has 0 amide bonds. The van der Waals surface area contributed by atoms with Crippen molar-refractivity contribution in [2.75, 3.05) is 18.0 Å². The van der Waals surface area contributed by atoms with Crippen molar-refractivity contribution in [3.05, 3.63) is 48.7 Å². The Balaban J connectivity index is 3.13. The van der Waals surface area contributed by atoms with Crippen LogP contribution in [0.1, 0.15) is 16.1 Å². The minimum atomic E-state index is -0.950. The van der Waals surface area contributed by atoms with Crippen LogP contribution in [0.3, 0.4) is 0 Å². The Kier molecular flexibility index (Phi) is 4.46. The summed E-state index contributed by atoms with van der Waals surface area (Å²) < 4.78 is 0. The van der Waals surface area contributed by atoms with E-state index in [2.05, 4.69) is 18.1 Å². The summed E-state index contributed by atoms with van der Waals surface area (Å²) in [6.07, 6.45) is 3.49. The Morgan fingerprint density at radius 3 is 2.47 bits per heavy atom. The molecule has 0 saturated heterocycles. The van der Waals surface area contributed by atoms with Crippen molar-refractivity contribution in [1.82, 2.24) is 4.98 Å². The highest BCUT2D eigenvalue weighted by atomic mass is 16.4. The standard InChI is InChI=1S/C13H16N2O2/c1-4-6-15(7-5-2)12-9-11(13(16)17)8-10(3)14-12/h4-5,8-9H,1-2,6-7H2,3H3,(H,16,17). The molecule has 0 spiro atoms. The first-order valence-electron chi connectivity index (χ1n) is 5.27. The number of pyridine rings is 1. The van der Waals surface area contributed by atoms with Crippen molar-refractivity contribution >= 4 is 11.8 Å². The van der Waals surface area contributed by atoms with Crippen LogP contribution in [-0.2, 0) is 0 Å². The van der Waals surface area contributed by atoms with Crippen molar-refractivity contribution in [2.24, 2.45) is 0 Å². The van der Waals surface area contributed by atoms with Gasteiger partial charge in [-0.3, -0.25) is 0 Å². The van der Waals surface area contributed by atoms with Crippen molar-refractivity contribution in [1.29, 1.82) is 0 Å². The largest absolute Gasteiger partial charge is 0.478 e. The van der Waals surface area contributed by atoms with E-state index in [-0.39, 0.29) is 5.56 Å². The fourth-order valence-electron chi connectivity index (χ4n) is 1.51. The van der Waals surface area contributed by atoms with Gasteiger partial charge in [-0.25, -0.2) is 9.78 Å². The van der Waals surface area contributed by atoms with Crippen LogP contribution in [0, 0.1) is 6.92 Å². The Morgan fingerprint density at radius 1 is 1.41 bits per heavy atom. The number of aromatic carboxylic acids is 1. The third kappa shape index (κ3) is 3.45. The third-order valence-corrected chi connectivity index (χ3v) is 2.21. The molecule has 1 aromatic heterocycles. The van der Waals surface area contributed by atoms with E-state index in [1.54, 1.807) is 31.2 Å². The van der Waals surface area contributed by atoms with E-state index in [4.69, 9.17) is 5.11 Å². The normalized spacial score (nSPS) is 9.71. The monoisotopic (exact) mass is 232 g/mol. The lowest BCUT2D eigenvalue weighted by Crippen LogP contribution is -2.24. The molecule has 0 saturated carbocycles. The Labute approximate surface area is 101 Å². The first-order chi connectivity index (χ1) is 8.08. The molecule has 1 rings (SSSR count). The molecule has 0 aliphatic carbocycles. The summed E-state index contributed by atoms with van der Waals surface area (Å²) in [5.41, 5.74) is 0.920. The van der Waals surface area contributed by atoms with Crippen molar-refractivity contribution in [2.45, 2.75) is 6.92 Å². The van der Waals surface area contributed by atoms with Gasteiger partial charge in [-0.1, -0.05) is 12.2 Å². The van der Waals surface area contributed by atoms with E-state index in [9.17, 15) is 4.79 Å². The molecule has 17 heavy (non-hydrogen) atoms. The van der Waals surface area contributed by atoms with Crippen LogP contribution in [0.2, 0.25) is 0 Å². The zero-order valence-electron chi connectivity index (χ0n) is 9.89. The zero-order chi connectivity index (χ0) is 12.8. The van der Waals surface area contributed by atoms with Gasteiger partial charge < -0.3 is 10.0 Å². The molecule has 1 aromatic rings. The SMILES string of the molecule is C=CCN(CC=C)c1cc(C(=O)O)cc(C)n1. The number of aryl methyl sites for hydroxylation is 1. The number of rotatable bonds is 6. The van der Waals surface area contributed by atoms with Crippen LogP contribution >= 0.6 is 0 Å². The van der Waals surface area contributed by atoms with E-state index >= 15 is 0 Å². The Hall–Kier alpha value is -2.10. The molecule has 1 heterocycles. The van der Waals surface area contributed by atoms with E-state index in [0.717, 1.165) is 0 Å². The van der Waals surface area contributed by atoms with Crippen LogP contribution in [0.5, 0.6) is 0 Å². The molecule has 0 aliphatic rings. The number of anilines is 1. The molecule has 4 nitrogen and oxygen atoms in total. The molecule has 1 N–H and O–H groups in total. The molecule has 0 atom stereocenters. The molecular formula is C13H16N2O2. The number of carboxylic acids is 1. The summed E-state index contributed by atoms with van der Waals surface area (Å²) in [5.74, 6) is -0.323. The maximum Gasteiger partial charge on any atom is 0.335 e. The lowest BCUT2D eigenvalue weighted by molar-refractivity contribution is 0.0696. The predicted octanol–water partition coefficient (Wildman–Crippen LogP) is 2.27. The average Bonchev–Trinajstić information content (AvgIpc) is 2.28. The van der Waals surface area contributed by atoms with Crippen molar-refractivity contribution in [3.63, 3.8) is 0 Å². The minimum Gasteiger partial charge on any atom is -0.478 e. The summed E-state index contributed by atoms with van der Waals surface area (Å²) in [6.45, 7) is 10.3. The molecule has 0 aliphatic heterocycles. The van der Waals surface area contributed by atoms with Gasteiger partial charge in [-0.05, 0) is 19.1 Å². The fraction of sp³-hybridized carbons (Fsp3) is 0.231. The van der Waals surface area contributed by atoms with Crippen molar-refractivity contribution < 1.29 is 9.90 Å². The number of carbonyl (C=O) groups is 1.